The van der Waals surface area contributed by atoms with Crippen molar-refractivity contribution < 1.29 is 5.11 Å². The first-order chi connectivity index (χ1) is 9.22. The van der Waals surface area contributed by atoms with Crippen LogP contribution in [0, 0.1) is 6.92 Å². The van der Waals surface area contributed by atoms with E-state index in [4.69, 9.17) is 0 Å². The van der Waals surface area contributed by atoms with Crippen LogP contribution in [0.1, 0.15) is 5.56 Å². The molecule has 4 nitrogen and oxygen atoms in total. The number of anilines is 2. The molecular formula is C15H13N3O. The van der Waals surface area contributed by atoms with Crippen LogP contribution in [-0.4, -0.2) is 15.1 Å². The van der Waals surface area contributed by atoms with Gasteiger partial charge in [-0.25, -0.2) is 9.97 Å². The van der Waals surface area contributed by atoms with Gasteiger partial charge >= 0.3 is 0 Å². The van der Waals surface area contributed by atoms with Gasteiger partial charge in [-0.2, -0.15) is 0 Å². The molecule has 2 aromatic heterocycles. The molecule has 0 fully saturated rings. The van der Waals surface area contributed by atoms with Gasteiger partial charge in [0.2, 0.25) is 0 Å². The fraction of sp³-hybridized carbons (Fsp3) is 0.0667. The molecule has 4 heteroatoms. The lowest BCUT2D eigenvalue weighted by Gasteiger charge is -2.07. The Bertz CT molecular complexity index is 740. The third-order valence-corrected chi connectivity index (χ3v) is 2.87. The number of phenolic OH excluding ortho intramolecular Hbond substituents is 1. The molecule has 0 aliphatic carbocycles. The van der Waals surface area contributed by atoms with Crippen LogP contribution in [-0.2, 0) is 0 Å². The molecule has 0 spiro atoms. The number of aromatic hydroxyl groups is 1. The van der Waals surface area contributed by atoms with Crippen molar-refractivity contribution in [2.75, 3.05) is 5.32 Å². The van der Waals surface area contributed by atoms with Crippen molar-refractivity contribution in [1.29, 1.82) is 0 Å². The third-order valence-electron chi connectivity index (χ3n) is 2.87. The monoisotopic (exact) mass is 251 g/mol. The molecule has 3 aromatic rings. The number of phenols is 1. The highest BCUT2D eigenvalue weighted by Crippen LogP contribution is 2.24. The van der Waals surface area contributed by atoms with E-state index in [2.05, 4.69) is 15.3 Å². The molecule has 3 rings (SSSR count). The summed E-state index contributed by atoms with van der Waals surface area (Å²) >= 11 is 0. The Morgan fingerprint density at radius 3 is 2.79 bits per heavy atom. The van der Waals surface area contributed by atoms with Gasteiger partial charge in [-0.05, 0) is 42.8 Å². The van der Waals surface area contributed by atoms with Gasteiger partial charge < -0.3 is 10.4 Å². The summed E-state index contributed by atoms with van der Waals surface area (Å²) in [5.41, 5.74) is 1.71. The first kappa shape index (κ1) is 11.5. The van der Waals surface area contributed by atoms with Crippen molar-refractivity contribution in [1.82, 2.24) is 9.97 Å². The lowest BCUT2D eigenvalue weighted by atomic mass is 10.2. The largest absolute Gasteiger partial charge is 0.506 e. The van der Waals surface area contributed by atoms with Crippen LogP contribution in [0.25, 0.3) is 10.9 Å². The summed E-state index contributed by atoms with van der Waals surface area (Å²) in [7, 11) is 0. The molecule has 0 atom stereocenters. The fourth-order valence-electron chi connectivity index (χ4n) is 1.94. The number of aromatic nitrogens is 2. The maximum Gasteiger partial charge on any atom is 0.141 e. The zero-order valence-corrected chi connectivity index (χ0v) is 10.5. The molecule has 2 heterocycles. The van der Waals surface area contributed by atoms with Crippen LogP contribution in [0.4, 0.5) is 11.6 Å². The number of fused-ring (bicyclic) bond motifs is 1. The summed E-state index contributed by atoms with van der Waals surface area (Å²) in [6.07, 6.45) is 1.75. The maximum atomic E-state index is 9.80. The molecule has 0 aliphatic rings. The predicted molar refractivity (Wildman–Crippen MR) is 75.7 cm³/mol. The van der Waals surface area contributed by atoms with Crippen LogP contribution >= 0.6 is 0 Å². The Balaban J connectivity index is 2.00. The van der Waals surface area contributed by atoms with Gasteiger partial charge in [0.05, 0.1) is 0 Å². The van der Waals surface area contributed by atoms with E-state index in [1.165, 1.54) is 0 Å². The number of hydrogen-bond acceptors (Lipinski definition) is 4. The Hall–Kier alpha value is -2.62. The molecule has 0 saturated heterocycles. The predicted octanol–water partition coefficient (Wildman–Crippen LogP) is 3.39. The van der Waals surface area contributed by atoms with Crippen LogP contribution in [0.2, 0.25) is 0 Å². The van der Waals surface area contributed by atoms with Crippen molar-refractivity contribution in [3.8, 4) is 5.75 Å². The number of benzene rings is 1. The minimum Gasteiger partial charge on any atom is -0.506 e. The zero-order chi connectivity index (χ0) is 13.2. The van der Waals surface area contributed by atoms with Crippen molar-refractivity contribution in [3.63, 3.8) is 0 Å². The Morgan fingerprint density at radius 2 is 1.95 bits per heavy atom. The van der Waals surface area contributed by atoms with Gasteiger partial charge in [-0.15, -0.1) is 0 Å². The van der Waals surface area contributed by atoms with E-state index in [0.29, 0.717) is 11.3 Å². The Labute approximate surface area is 110 Å². The molecule has 94 valence electrons. The molecule has 0 radical (unpaired) electrons. The number of hydrogen-bond donors (Lipinski definition) is 2. The summed E-state index contributed by atoms with van der Waals surface area (Å²) in [5, 5.41) is 13.8. The first-order valence-electron chi connectivity index (χ1n) is 6.01. The molecule has 0 aliphatic heterocycles. The average Bonchev–Trinajstić information content (AvgIpc) is 2.40. The van der Waals surface area contributed by atoms with Gasteiger partial charge in [0.15, 0.2) is 0 Å². The van der Waals surface area contributed by atoms with E-state index in [-0.39, 0.29) is 5.75 Å². The van der Waals surface area contributed by atoms with Crippen molar-refractivity contribution in [2.24, 2.45) is 0 Å². The lowest BCUT2D eigenvalue weighted by molar-refractivity contribution is 0.480. The number of para-hydroxylation sites is 1. The fourth-order valence-corrected chi connectivity index (χ4v) is 1.94. The second kappa shape index (κ2) is 4.57. The molecule has 0 bridgehead atoms. The topological polar surface area (TPSA) is 58.0 Å². The van der Waals surface area contributed by atoms with Crippen molar-refractivity contribution in [2.45, 2.75) is 6.92 Å². The Kier molecular flexibility index (Phi) is 2.76. The first-order valence-corrected chi connectivity index (χ1v) is 6.01. The minimum atomic E-state index is 0.179. The van der Waals surface area contributed by atoms with Crippen LogP contribution in [0.3, 0.4) is 0 Å². The minimum absolute atomic E-state index is 0.179. The van der Waals surface area contributed by atoms with Gasteiger partial charge in [-0.3, -0.25) is 0 Å². The highest BCUT2D eigenvalue weighted by Gasteiger charge is 2.03. The summed E-state index contributed by atoms with van der Waals surface area (Å²) < 4.78 is 0. The summed E-state index contributed by atoms with van der Waals surface area (Å²) in [6.45, 7) is 2.01. The number of rotatable bonds is 2. The average molecular weight is 251 g/mol. The van der Waals surface area contributed by atoms with E-state index in [9.17, 15) is 5.11 Å². The standard InChI is InChI=1S/C15H13N3O/c1-10-7-8-16-14(9-10)17-13-6-5-11-3-2-4-12(19)15(11)18-13/h2-9,19H,1H3,(H,16,17,18). The molecule has 0 amide bonds. The highest BCUT2D eigenvalue weighted by molar-refractivity contribution is 5.85. The summed E-state index contributed by atoms with van der Waals surface area (Å²) in [4.78, 5) is 8.62. The molecule has 1 aromatic carbocycles. The van der Waals surface area contributed by atoms with Crippen LogP contribution < -0.4 is 5.32 Å². The zero-order valence-electron chi connectivity index (χ0n) is 10.5. The second-order valence-corrected chi connectivity index (χ2v) is 4.39. The van der Waals surface area contributed by atoms with E-state index in [0.717, 1.165) is 16.8 Å². The lowest BCUT2D eigenvalue weighted by Crippen LogP contribution is -1.96. The van der Waals surface area contributed by atoms with E-state index in [1.807, 2.05) is 37.3 Å². The van der Waals surface area contributed by atoms with Gasteiger partial charge in [0, 0.05) is 11.6 Å². The number of pyridine rings is 2. The summed E-state index contributed by atoms with van der Waals surface area (Å²) in [6, 6.07) is 13.0. The smallest absolute Gasteiger partial charge is 0.141 e. The van der Waals surface area contributed by atoms with E-state index >= 15 is 0 Å². The highest BCUT2D eigenvalue weighted by atomic mass is 16.3. The molecular weight excluding hydrogens is 238 g/mol. The van der Waals surface area contributed by atoms with E-state index < -0.39 is 0 Å². The summed E-state index contributed by atoms with van der Waals surface area (Å²) in [5.74, 6) is 1.58. The van der Waals surface area contributed by atoms with Crippen LogP contribution in [0.5, 0.6) is 5.75 Å². The van der Waals surface area contributed by atoms with Gasteiger partial charge in [0.25, 0.3) is 0 Å². The second-order valence-electron chi connectivity index (χ2n) is 4.39. The maximum absolute atomic E-state index is 9.80. The number of nitrogens with one attached hydrogen (secondary N) is 1. The van der Waals surface area contributed by atoms with Crippen LogP contribution in [0.15, 0.2) is 48.7 Å². The van der Waals surface area contributed by atoms with Gasteiger partial charge in [-0.1, -0.05) is 12.1 Å². The van der Waals surface area contributed by atoms with Gasteiger partial charge in [0.1, 0.15) is 22.9 Å². The van der Waals surface area contributed by atoms with Crippen molar-refractivity contribution >= 4 is 22.5 Å². The third kappa shape index (κ3) is 2.33. The normalized spacial score (nSPS) is 10.6. The Morgan fingerprint density at radius 1 is 1.05 bits per heavy atom. The molecule has 0 saturated carbocycles. The SMILES string of the molecule is Cc1ccnc(Nc2ccc3cccc(O)c3n2)c1. The molecule has 19 heavy (non-hydrogen) atoms. The van der Waals surface area contributed by atoms with E-state index in [1.54, 1.807) is 18.3 Å². The quantitative estimate of drug-likeness (QED) is 0.733. The number of aryl methyl sites for hydroxylation is 1. The molecule has 0 unspecified atom stereocenters. The van der Waals surface area contributed by atoms with Crippen molar-refractivity contribution in [3.05, 3.63) is 54.2 Å². The molecule has 2 N–H and O–H groups in total. The number of nitrogens with zero attached hydrogens (tertiary/aromatic N) is 2.